The van der Waals surface area contributed by atoms with E-state index in [1.807, 2.05) is 6.07 Å². The van der Waals surface area contributed by atoms with Gasteiger partial charge in [0.15, 0.2) is 0 Å². The van der Waals surface area contributed by atoms with Crippen LogP contribution >= 0.6 is 11.6 Å². The SMILES string of the molecule is O=C(CCCCCl)Nc1ccc2c(c1)CCC2. The van der Waals surface area contributed by atoms with Crippen molar-refractivity contribution in [2.75, 3.05) is 11.2 Å². The van der Waals surface area contributed by atoms with Crippen molar-refractivity contribution in [2.45, 2.75) is 38.5 Å². The van der Waals surface area contributed by atoms with Crippen LogP contribution < -0.4 is 5.32 Å². The van der Waals surface area contributed by atoms with E-state index in [0.717, 1.165) is 24.9 Å². The lowest BCUT2D eigenvalue weighted by Gasteiger charge is -2.07. The first kappa shape index (κ1) is 12.4. The van der Waals surface area contributed by atoms with Gasteiger partial charge in [0.2, 0.25) is 5.91 Å². The molecule has 0 aliphatic heterocycles. The summed E-state index contributed by atoms with van der Waals surface area (Å²) >= 11 is 5.58. The predicted molar refractivity (Wildman–Crippen MR) is 71.7 cm³/mol. The fourth-order valence-electron chi connectivity index (χ4n) is 2.25. The molecule has 1 N–H and O–H groups in total. The Bertz CT molecular complexity index is 403. The molecule has 2 rings (SSSR count). The third-order valence-corrected chi connectivity index (χ3v) is 3.44. The Morgan fingerprint density at radius 3 is 2.88 bits per heavy atom. The molecule has 0 bridgehead atoms. The molecule has 0 saturated heterocycles. The second-order valence-corrected chi connectivity index (χ2v) is 4.91. The zero-order chi connectivity index (χ0) is 12.1. The maximum atomic E-state index is 11.6. The van der Waals surface area contributed by atoms with E-state index < -0.39 is 0 Å². The van der Waals surface area contributed by atoms with Gasteiger partial charge in [-0.15, -0.1) is 11.6 Å². The lowest BCUT2D eigenvalue weighted by atomic mass is 10.1. The van der Waals surface area contributed by atoms with Crippen LogP contribution in [0.4, 0.5) is 5.69 Å². The molecule has 0 aromatic heterocycles. The van der Waals surface area contributed by atoms with Crippen LogP contribution in [0, 0.1) is 0 Å². The average molecular weight is 252 g/mol. The van der Waals surface area contributed by atoms with Crippen LogP contribution in [0.2, 0.25) is 0 Å². The number of carbonyl (C=O) groups excluding carboxylic acids is 1. The number of aryl methyl sites for hydroxylation is 2. The van der Waals surface area contributed by atoms with Gasteiger partial charge in [-0.25, -0.2) is 0 Å². The van der Waals surface area contributed by atoms with Crippen LogP contribution in [0.5, 0.6) is 0 Å². The molecule has 3 heteroatoms. The summed E-state index contributed by atoms with van der Waals surface area (Å²) in [5.41, 5.74) is 3.76. The topological polar surface area (TPSA) is 29.1 Å². The zero-order valence-electron chi connectivity index (χ0n) is 9.97. The summed E-state index contributed by atoms with van der Waals surface area (Å²) < 4.78 is 0. The maximum absolute atomic E-state index is 11.6. The minimum Gasteiger partial charge on any atom is -0.326 e. The third-order valence-electron chi connectivity index (χ3n) is 3.17. The first-order chi connectivity index (χ1) is 8.29. The number of benzene rings is 1. The van der Waals surface area contributed by atoms with Gasteiger partial charge < -0.3 is 5.32 Å². The summed E-state index contributed by atoms with van der Waals surface area (Å²) in [7, 11) is 0. The summed E-state index contributed by atoms with van der Waals surface area (Å²) in [6, 6.07) is 6.25. The summed E-state index contributed by atoms with van der Waals surface area (Å²) in [6.45, 7) is 0. The summed E-state index contributed by atoms with van der Waals surface area (Å²) in [5.74, 6) is 0.722. The molecule has 0 atom stereocenters. The molecule has 0 spiro atoms. The van der Waals surface area contributed by atoms with E-state index in [-0.39, 0.29) is 5.91 Å². The monoisotopic (exact) mass is 251 g/mol. The van der Waals surface area contributed by atoms with E-state index >= 15 is 0 Å². The van der Waals surface area contributed by atoms with E-state index in [0.29, 0.717) is 12.3 Å². The summed E-state index contributed by atoms with van der Waals surface area (Å²) in [5, 5.41) is 2.95. The van der Waals surface area contributed by atoms with Gasteiger partial charge in [0, 0.05) is 18.0 Å². The normalized spacial score (nSPS) is 13.5. The summed E-state index contributed by atoms with van der Waals surface area (Å²) in [6.07, 6.45) is 5.89. The first-order valence-electron chi connectivity index (χ1n) is 6.27. The van der Waals surface area contributed by atoms with Gasteiger partial charge >= 0.3 is 0 Å². The highest BCUT2D eigenvalue weighted by Crippen LogP contribution is 2.24. The number of unbranched alkanes of at least 4 members (excludes halogenated alkanes) is 1. The Balaban J connectivity index is 1.88. The van der Waals surface area contributed by atoms with Gasteiger partial charge in [-0.2, -0.15) is 0 Å². The highest BCUT2D eigenvalue weighted by Gasteiger charge is 2.11. The Labute approximate surface area is 107 Å². The molecule has 0 radical (unpaired) electrons. The largest absolute Gasteiger partial charge is 0.326 e. The molecule has 0 saturated carbocycles. The van der Waals surface area contributed by atoms with E-state index in [2.05, 4.69) is 17.4 Å². The number of nitrogens with one attached hydrogen (secondary N) is 1. The molecule has 1 amide bonds. The van der Waals surface area contributed by atoms with E-state index in [4.69, 9.17) is 11.6 Å². The molecule has 2 nitrogen and oxygen atoms in total. The Morgan fingerprint density at radius 2 is 2.06 bits per heavy atom. The number of rotatable bonds is 5. The number of fused-ring (bicyclic) bond motifs is 1. The molecule has 1 aromatic rings. The molecular formula is C14H18ClNO. The Hall–Kier alpha value is -1.02. The molecular weight excluding hydrogens is 234 g/mol. The smallest absolute Gasteiger partial charge is 0.224 e. The van der Waals surface area contributed by atoms with E-state index in [1.165, 1.54) is 24.0 Å². The molecule has 1 aromatic carbocycles. The van der Waals surface area contributed by atoms with Crippen molar-refractivity contribution in [2.24, 2.45) is 0 Å². The average Bonchev–Trinajstić information content (AvgIpc) is 2.76. The summed E-state index contributed by atoms with van der Waals surface area (Å²) in [4.78, 5) is 11.6. The molecule has 0 unspecified atom stereocenters. The number of amides is 1. The quantitative estimate of drug-likeness (QED) is 0.630. The highest BCUT2D eigenvalue weighted by molar-refractivity contribution is 6.17. The fourth-order valence-corrected chi connectivity index (χ4v) is 2.44. The lowest BCUT2D eigenvalue weighted by Crippen LogP contribution is -2.11. The predicted octanol–water partition coefficient (Wildman–Crippen LogP) is 3.52. The number of hydrogen-bond donors (Lipinski definition) is 1. The van der Waals surface area contributed by atoms with Crippen LogP contribution in [0.25, 0.3) is 0 Å². The fraction of sp³-hybridized carbons (Fsp3) is 0.500. The van der Waals surface area contributed by atoms with Crippen LogP contribution in [0.15, 0.2) is 18.2 Å². The number of alkyl halides is 1. The van der Waals surface area contributed by atoms with Gasteiger partial charge in [0.05, 0.1) is 0 Å². The van der Waals surface area contributed by atoms with Gasteiger partial charge in [-0.05, 0) is 55.4 Å². The van der Waals surface area contributed by atoms with E-state index in [1.54, 1.807) is 0 Å². The second kappa shape index (κ2) is 6.06. The molecule has 0 fully saturated rings. The van der Waals surface area contributed by atoms with Crippen molar-refractivity contribution in [3.05, 3.63) is 29.3 Å². The minimum atomic E-state index is 0.0908. The van der Waals surface area contributed by atoms with Crippen LogP contribution in [-0.2, 0) is 17.6 Å². The van der Waals surface area contributed by atoms with Crippen LogP contribution in [-0.4, -0.2) is 11.8 Å². The van der Waals surface area contributed by atoms with Crippen molar-refractivity contribution < 1.29 is 4.79 Å². The van der Waals surface area contributed by atoms with Crippen molar-refractivity contribution >= 4 is 23.2 Å². The van der Waals surface area contributed by atoms with Crippen molar-refractivity contribution in [3.63, 3.8) is 0 Å². The molecule has 0 heterocycles. The standard InChI is InChI=1S/C14H18ClNO/c15-9-2-1-6-14(17)16-13-8-7-11-4-3-5-12(11)10-13/h7-8,10H,1-6,9H2,(H,16,17). The number of anilines is 1. The number of carbonyl (C=O) groups is 1. The van der Waals surface area contributed by atoms with E-state index in [9.17, 15) is 4.79 Å². The second-order valence-electron chi connectivity index (χ2n) is 4.53. The minimum absolute atomic E-state index is 0.0908. The Morgan fingerprint density at radius 1 is 1.24 bits per heavy atom. The van der Waals surface area contributed by atoms with Gasteiger partial charge in [-0.1, -0.05) is 6.07 Å². The van der Waals surface area contributed by atoms with Crippen molar-refractivity contribution in [1.29, 1.82) is 0 Å². The molecule has 92 valence electrons. The van der Waals surface area contributed by atoms with Crippen LogP contribution in [0.1, 0.15) is 36.8 Å². The van der Waals surface area contributed by atoms with Crippen molar-refractivity contribution in [1.82, 2.24) is 0 Å². The number of halogens is 1. The first-order valence-corrected chi connectivity index (χ1v) is 6.80. The number of hydrogen-bond acceptors (Lipinski definition) is 1. The molecule has 1 aliphatic carbocycles. The van der Waals surface area contributed by atoms with Crippen molar-refractivity contribution in [3.8, 4) is 0 Å². The van der Waals surface area contributed by atoms with Gasteiger partial charge in [0.25, 0.3) is 0 Å². The zero-order valence-corrected chi connectivity index (χ0v) is 10.7. The lowest BCUT2D eigenvalue weighted by molar-refractivity contribution is -0.116. The highest BCUT2D eigenvalue weighted by atomic mass is 35.5. The third kappa shape index (κ3) is 3.47. The van der Waals surface area contributed by atoms with Gasteiger partial charge in [-0.3, -0.25) is 4.79 Å². The Kier molecular flexibility index (Phi) is 4.43. The molecule has 1 aliphatic rings. The van der Waals surface area contributed by atoms with Gasteiger partial charge in [0.1, 0.15) is 0 Å². The molecule has 17 heavy (non-hydrogen) atoms. The van der Waals surface area contributed by atoms with Crippen LogP contribution in [0.3, 0.4) is 0 Å². The maximum Gasteiger partial charge on any atom is 0.224 e.